The number of aryl methyl sites for hydroxylation is 1. The molecule has 0 bridgehead atoms. The van der Waals surface area contributed by atoms with E-state index in [-0.39, 0.29) is 21.7 Å². The summed E-state index contributed by atoms with van der Waals surface area (Å²) in [7, 11) is 0. The summed E-state index contributed by atoms with van der Waals surface area (Å²) in [6.45, 7) is 24.2. The van der Waals surface area contributed by atoms with E-state index in [1.54, 1.807) is 6.92 Å². The molecule has 2 aromatic rings. The first kappa shape index (κ1) is 17.2. The number of nitrogens with one attached hydrogen (secondary N) is 1. The maximum atomic E-state index is 11.3. The summed E-state index contributed by atoms with van der Waals surface area (Å²) in [4.78, 5) is 25.1. The minimum absolute atomic E-state index is 0.133. The van der Waals surface area contributed by atoms with Gasteiger partial charge in [-0.3, -0.25) is 4.79 Å². The number of amides is 1. The van der Waals surface area contributed by atoms with Crippen LogP contribution in [0, 0.1) is 26.6 Å². The van der Waals surface area contributed by atoms with E-state index in [0.29, 0.717) is 16.4 Å². The first-order valence-corrected chi connectivity index (χ1v) is 7.86. The molecule has 0 saturated carbocycles. The molecule has 0 fully saturated rings. The zero-order chi connectivity index (χ0) is 17.7. The minimum Gasteiger partial charge on any atom is -0.308 e. The lowest BCUT2D eigenvalue weighted by Crippen LogP contribution is -2.06. The van der Waals surface area contributed by atoms with E-state index >= 15 is 0 Å². The maximum absolute atomic E-state index is 11.3. The predicted octanol–water partition coefficient (Wildman–Crippen LogP) is 4.67. The van der Waals surface area contributed by atoms with Crippen LogP contribution in [0.15, 0.2) is 10.2 Å². The molecule has 2 rings (SSSR count). The van der Waals surface area contributed by atoms with Crippen molar-refractivity contribution >= 4 is 50.3 Å². The van der Waals surface area contributed by atoms with Crippen LogP contribution < -0.4 is 5.32 Å². The van der Waals surface area contributed by atoms with Gasteiger partial charge in [-0.1, -0.05) is 11.3 Å². The highest BCUT2D eigenvalue weighted by Crippen LogP contribution is 2.40. The molecular weight excluding hydrogens is 348 g/mol. The number of azo groups is 1. The van der Waals surface area contributed by atoms with Crippen molar-refractivity contribution < 1.29 is 4.79 Å². The van der Waals surface area contributed by atoms with Crippen LogP contribution >= 0.6 is 22.9 Å². The van der Waals surface area contributed by atoms with Crippen molar-refractivity contribution in [1.29, 1.82) is 0 Å². The van der Waals surface area contributed by atoms with Gasteiger partial charge < -0.3 is 5.32 Å². The van der Waals surface area contributed by atoms with Crippen molar-refractivity contribution in [2.75, 3.05) is 5.32 Å². The summed E-state index contributed by atoms with van der Waals surface area (Å²) in [6.07, 6.45) is -1.09. The molecule has 0 radical (unpaired) electrons. The predicted molar refractivity (Wildman–Crippen MR) is 89.7 cm³/mol. The second-order valence-electron chi connectivity index (χ2n) is 4.25. The Labute approximate surface area is 145 Å². The number of carbonyl (C=O) groups is 1. The van der Waals surface area contributed by atoms with Crippen molar-refractivity contribution in [3.63, 3.8) is 0 Å². The number of nitrogens with zero attached hydrogens (tertiary/aromatic N) is 7. The highest BCUT2D eigenvalue weighted by molar-refractivity contribution is 7.16. The third-order valence-corrected chi connectivity index (χ3v) is 4.34. The fourth-order valence-corrected chi connectivity index (χ4v) is 3.02. The Balaban J connectivity index is 2.43. The van der Waals surface area contributed by atoms with Crippen molar-refractivity contribution in [2.24, 2.45) is 10.2 Å². The molecule has 2 aromatic heterocycles. The second kappa shape index (κ2) is 7.38. The number of hydrogen-bond donors (Lipinski definition) is 1. The van der Waals surface area contributed by atoms with Gasteiger partial charge in [0.25, 0.3) is 5.01 Å². The summed E-state index contributed by atoms with van der Waals surface area (Å²) < 4.78 is 4.04. The molecule has 0 unspecified atom stereocenters. The Kier molecular flexibility index (Phi) is 5.27. The van der Waals surface area contributed by atoms with Gasteiger partial charge in [0.2, 0.25) is 11.6 Å². The van der Waals surface area contributed by atoms with Gasteiger partial charge in [0.1, 0.15) is 0 Å². The number of anilines is 1. The Bertz CT molecular complexity index is 923. The quantitative estimate of drug-likeness (QED) is 0.637. The monoisotopic (exact) mass is 356 g/mol. The lowest BCUT2D eigenvalue weighted by atomic mass is 10.4. The van der Waals surface area contributed by atoms with Gasteiger partial charge in [-0.05, 0) is 18.5 Å². The van der Waals surface area contributed by atoms with E-state index in [1.165, 1.54) is 6.92 Å². The Morgan fingerprint density at radius 3 is 2.50 bits per heavy atom. The first-order chi connectivity index (χ1) is 11.5. The summed E-state index contributed by atoms with van der Waals surface area (Å²) in [5, 5.41) is 11.3. The Morgan fingerprint density at radius 2 is 1.92 bits per heavy atom. The van der Waals surface area contributed by atoms with Gasteiger partial charge >= 0.3 is 6.17 Å². The standard InChI is InChI=1S/C13H8N8OS2/c1-6-8(14-3)11(24-21-6)19-20-13-10(17-7(2)22)18-12(23-13)9(15-4)16-5/h9H,1-2H3,(H,17,22)/b20-19+. The van der Waals surface area contributed by atoms with Crippen LogP contribution in [0.1, 0.15) is 23.8 Å². The molecular formula is C13H8N8OS2. The molecule has 0 aliphatic carbocycles. The zero-order valence-electron chi connectivity index (χ0n) is 12.4. The smallest absolute Gasteiger partial charge is 0.308 e. The summed E-state index contributed by atoms with van der Waals surface area (Å²) >= 11 is 2.03. The number of hydrogen-bond acceptors (Lipinski definition) is 7. The molecule has 118 valence electrons. The molecule has 0 atom stereocenters. The van der Waals surface area contributed by atoms with Crippen LogP contribution in [0.3, 0.4) is 0 Å². The summed E-state index contributed by atoms with van der Waals surface area (Å²) in [5.41, 5.74) is 0.881. The maximum Gasteiger partial charge on any atom is 0.528 e. The SMILES string of the molecule is [C-]#[N+]c1c(C)nsc1/N=N/c1sc(C([N+]#[C-])[N+]#[C-])nc1NC(C)=O. The van der Waals surface area contributed by atoms with E-state index in [1.807, 2.05) is 0 Å². The number of carbonyl (C=O) groups excluding carboxylic acids is 1. The van der Waals surface area contributed by atoms with Gasteiger partial charge in [-0.25, -0.2) is 37.0 Å². The molecule has 1 N–H and O–H groups in total. The van der Waals surface area contributed by atoms with Crippen LogP contribution in [-0.2, 0) is 4.79 Å². The third-order valence-electron chi connectivity index (χ3n) is 2.54. The average Bonchev–Trinajstić information content (AvgIpc) is 3.09. The second-order valence-corrected chi connectivity index (χ2v) is 6.01. The van der Waals surface area contributed by atoms with Crippen molar-refractivity contribution in [2.45, 2.75) is 20.0 Å². The topological polar surface area (TPSA) is 92.7 Å². The van der Waals surface area contributed by atoms with Crippen LogP contribution in [-0.4, -0.2) is 15.3 Å². The number of rotatable bonds is 4. The van der Waals surface area contributed by atoms with E-state index in [2.05, 4.69) is 39.4 Å². The lowest BCUT2D eigenvalue weighted by molar-refractivity contribution is -0.114. The van der Waals surface area contributed by atoms with E-state index in [9.17, 15) is 4.79 Å². The third kappa shape index (κ3) is 3.58. The number of thiazole rings is 1. The fraction of sp³-hybridized carbons (Fsp3) is 0.231. The lowest BCUT2D eigenvalue weighted by Gasteiger charge is -1.96. The first-order valence-electron chi connectivity index (χ1n) is 6.27. The molecule has 1 amide bonds. The van der Waals surface area contributed by atoms with Gasteiger partial charge in [0, 0.05) is 6.92 Å². The molecule has 0 saturated heterocycles. The normalized spacial score (nSPS) is 10.3. The highest BCUT2D eigenvalue weighted by Gasteiger charge is 2.27. The van der Waals surface area contributed by atoms with Gasteiger partial charge in [-0.15, -0.1) is 10.2 Å². The Morgan fingerprint density at radius 1 is 1.25 bits per heavy atom. The fourth-order valence-electron chi connectivity index (χ4n) is 1.53. The molecule has 0 aliphatic heterocycles. The summed E-state index contributed by atoms with van der Waals surface area (Å²) in [6, 6.07) is 0. The largest absolute Gasteiger partial charge is 0.528 e. The van der Waals surface area contributed by atoms with Crippen molar-refractivity contribution in [1.82, 2.24) is 9.36 Å². The summed E-state index contributed by atoms with van der Waals surface area (Å²) in [5.74, 6) is -0.227. The van der Waals surface area contributed by atoms with Crippen LogP contribution in [0.25, 0.3) is 14.5 Å². The van der Waals surface area contributed by atoms with Gasteiger partial charge in [0.15, 0.2) is 15.8 Å². The molecule has 0 spiro atoms. The zero-order valence-corrected chi connectivity index (χ0v) is 14.1. The van der Waals surface area contributed by atoms with Gasteiger partial charge in [0.05, 0.1) is 12.3 Å². The van der Waals surface area contributed by atoms with E-state index in [0.717, 1.165) is 22.9 Å². The van der Waals surface area contributed by atoms with Crippen LogP contribution in [0.5, 0.6) is 0 Å². The van der Waals surface area contributed by atoms with Crippen LogP contribution in [0.2, 0.25) is 0 Å². The van der Waals surface area contributed by atoms with Crippen molar-refractivity contribution in [3.05, 3.63) is 45.0 Å². The highest BCUT2D eigenvalue weighted by atomic mass is 32.1. The molecule has 0 aromatic carbocycles. The number of aromatic nitrogens is 2. The molecule has 9 nitrogen and oxygen atoms in total. The van der Waals surface area contributed by atoms with Crippen LogP contribution in [0.4, 0.5) is 21.5 Å². The molecule has 2 heterocycles. The molecule has 0 aliphatic rings. The van der Waals surface area contributed by atoms with Gasteiger partial charge in [-0.2, -0.15) is 0 Å². The molecule has 24 heavy (non-hydrogen) atoms. The van der Waals surface area contributed by atoms with E-state index in [4.69, 9.17) is 19.7 Å². The average molecular weight is 356 g/mol. The van der Waals surface area contributed by atoms with E-state index < -0.39 is 6.17 Å². The molecule has 11 heteroatoms. The Hall–Kier alpha value is -3.20. The van der Waals surface area contributed by atoms with Crippen molar-refractivity contribution in [3.8, 4) is 0 Å². The minimum atomic E-state index is -1.09.